The molecule has 0 bridgehead atoms. The second-order valence-corrected chi connectivity index (χ2v) is 5.20. The molecular weight excluding hydrogens is 256 g/mol. The third-order valence-electron chi connectivity index (χ3n) is 3.43. The van der Waals surface area contributed by atoms with Crippen LogP contribution in [0.25, 0.3) is 0 Å². The molecule has 5 heteroatoms. The zero-order chi connectivity index (χ0) is 14.5. The van der Waals surface area contributed by atoms with Crippen LogP contribution in [0.5, 0.6) is 5.75 Å². The van der Waals surface area contributed by atoms with Gasteiger partial charge in [0.15, 0.2) is 0 Å². The molecule has 1 aromatic carbocycles. The van der Waals surface area contributed by atoms with Crippen LogP contribution in [0.15, 0.2) is 24.3 Å². The molecule has 110 valence electrons. The predicted molar refractivity (Wildman–Crippen MR) is 76.6 cm³/mol. The number of carbonyl (C=O) groups excluding carboxylic acids is 1. The van der Waals surface area contributed by atoms with Crippen molar-refractivity contribution in [3.63, 3.8) is 0 Å². The highest BCUT2D eigenvalue weighted by atomic mass is 16.5. The Morgan fingerprint density at radius 3 is 2.60 bits per heavy atom. The molecule has 2 rings (SSSR count). The Labute approximate surface area is 119 Å². The van der Waals surface area contributed by atoms with Crippen molar-refractivity contribution in [1.29, 1.82) is 0 Å². The van der Waals surface area contributed by atoms with Gasteiger partial charge in [0, 0.05) is 12.6 Å². The number of methoxy groups -OCH3 is 1. The first kappa shape index (κ1) is 14.8. The van der Waals surface area contributed by atoms with Crippen molar-refractivity contribution in [2.24, 2.45) is 0 Å². The van der Waals surface area contributed by atoms with E-state index in [1.165, 1.54) is 0 Å². The van der Waals surface area contributed by atoms with E-state index in [0.29, 0.717) is 12.6 Å². The van der Waals surface area contributed by atoms with E-state index >= 15 is 0 Å². The number of rotatable bonds is 7. The minimum atomic E-state index is -0.642. The van der Waals surface area contributed by atoms with E-state index in [9.17, 15) is 9.90 Å². The molecule has 20 heavy (non-hydrogen) atoms. The van der Waals surface area contributed by atoms with E-state index in [4.69, 9.17) is 4.74 Å². The molecule has 0 heterocycles. The summed E-state index contributed by atoms with van der Waals surface area (Å²) in [5, 5.41) is 16.1. The number of benzene rings is 1. The van der Waals surface area contributed by atoms with Crippen molar-refractivity contribution in [2.45, 2.75) is 38.0 Å². The summed E-state index contributed by atoms with van der Waals surface area (Å²) in [5.74, 6) is 0.750. The average Bonchev–Trinajstić information content (AvgIpc) is 3.28. The molecule has 1 aliphatic carbocycles. The Kier molecular flexibility index (Phi) is 4.98. The summed E-state index contributed by atoms with van der Waals surface area (Å²) in [7, 11) is 1.60. The maximum absolute atomic E-state index is 11.8. The van der Waals surface area contributed by atoms with Gasteiger partial charge in [0.1, 0.15) is 5.75 Å². The smallest absolute Gasteiger partial charge is 0.237 e. The highest BCUT2D eigenvalue weighted by Gasteiger charge is 2.25. The first-order chi connectivity index (χ1) is 9.60. The van der Waals surface area contributed by atoms with E-state index in [-0.39, 0.29) is 11.9 Å². The zero-order valence-electron chi connectivity index (χ0n) is 11.9. The predicted octanol–water partition coefficient (Wildman–Crippen LogP) is 0.985. The highest BCUT2D eigenvalue weighted by Crippen LogP contribution is 2.19. The van der Waals surface area contributed by atoms with Gasteiger partial charge in [0.2, 0.25) is 5.91 Å². The second kappa shape index (κ2) is 6.72. The van der Waals surface area contributed by atoms with Crippen molar-refractivity contribution in [3.05, 3.63) is 29.8 Å². The van der Waals surface area contributed by atoms with Crippen LogP contribution in [0.3, 0.4) is 0 Å². The highest BCUT2D eigenvalue weighted by molar-refractivity contribution is 5.81. The van der Waals surface area contributed by atoms with Gasteiger partial charge in [-0.2, -0.15) is 0 Å². The van der Waals surface area contributed by atoms with Crippen molar-refractivity contribution < 1.29 is 14.6 Å². The summed E-state index contributed by atoms with van der Waals surface area (Å²) >= 11 is 0. The Morgan fingerprint density at radius 2 is 2.05 bits per heavy atom. The molecule has 3 N–H and O–H groups in total. The lowest BCUT2D eigenvalue weighted by Gasteiger charge is -2.17. The summed E-state index contributed by atoms with van der Waals surface area (Å²) in [6, 6.07) is 7.31. The first-order valence-corrected chi connectivity index (χ1v) is 6.96. The van der Waals surface area contributed by atoms with Crippen LogP contribution in [0.2, 0.25) is 0 Å². The van der Waals surface area contributed by atoms with Crippen LogP contribution in [-0.4, -0.2) is 36.8 Å². The third kappa shape index (κ3) is 4.21. The maximum atomic E-state index is 11.8. The molecule has 1 aromatic rings. The number of carbonyl (C=O) groups is 1. The summed E-state index contributed by atoms with van der Waals surface area (Å²) in [4.78, 5) is 11.8. The fourth-order valence-electron chi connectivity index (χ4n) is 1.88. The van der Waals surface area contributed by atoms with Crippen LogP contribution in [0.1, 0.15) is 31.4 Å². The van der Waals surface area contributed by atoms with E-state index in [2.05, 4.69) is 10.6 Å². The lowest BCUT2D eigenvalue weighted by Crippen LogP contribution is -2.44. The van der Waals surface area contributed by atoms with Crippen LogP contribution >= 0.6 is 0 Å². The molecule has 5 nitrogen and oxygen atoms in total. The molecule has 0 radical (unpaired) electrons. The zero-order valence-corrected chi connectivity index (χ0v) is 11.9. The van der Waals surface area contributed by atoms with Gasteiger partial charge in [-0.3, -0.25) is 4.79 Å². The van der Waals surface area contributed by atoms with Gasteiger partial charge in [-0.15, -0.1) is 0 Å². The van der Waals surface area contributed by atoms with Gasteiger partial charge in [0.25, 0.3) is 0 Å². The molecule has 1 fully saturated rings. The SMILES string of the molecule is COc1ccc(C(O)CNC(C)C(=O)NC2CC2)cc1. The monoisotopic (exact) mass is 278 g/mol. The lowest BCUT2D eigenvalue weighted by atomic mass is 10.1. The normalized spacial score (nSPS) is 17.4. The molecule has 0 aromatic heterocycles. The molecule has 0 spiro atoms. The van der Waals surface area contributed by atoms with Crippen molar-refractivity contribution in [3.8, 4) is 5.75 Å². The first-order valence-electron chi connectivity index (χ1n) is 6.96. The Hall–Kier alpha value is -1.59. The minimum Gasteiger partial charge on any atom is -0.497 e. The molecule has 1 amide bonds. The van der Waals surface area contributed by atoms with Crippen LogP contribution < -0.4 is 15.4 Å². The number of aliphatic hydroxyl groups excluding tert-OH is 1. The number of hydrogen-bond donors (Lipinski definition) is 3. The summed E-state index contributed by atoms with van der Waals surface area (Å²) in [6.45, 7) is 2.14. The maximum Gasteiger partial charge on any atom is 0.237 e. The van der Waals surface area contributed by atoms with Gasteiger partial charge >= 0.3 is 0 Å². The minimum absolute atomic E-state index is 0.00516. The van der Waals surface area contributed by atoms with Crippen LogP contribution in [-0.2, 0) is 4.79 Å². The third-order valence-corrected chi connectivity index (χ3v) is 3.43. The molecular formula is C15H22N2O3. The summed E-state index contributed by atoms with van der Waals surface area (Å²) in [5.41, 5.74) is 0.799. The average molecular weight is 278 g/mol. The van der Waals surface area contributed by atoms with E-state index in [1.54, 1.807) is 14.0 Å². The molecule has 1 aliphatic rings. The lowest BCUT2D eigenvalue weighted by molar-refractivity contribution is -0.123. The van der Waals surface area contributed by atoms with Crippen molar-refractivity contribution in [1.82, 2.24) is 10.6 Å². The standard InChI is InChI=1S/C15H22N2O3/c1-10(15(19)17-12-5-6-12)16-9-14(18)11-3-7-13(20-2)8-4-11/h3-4,7-8,10,12,14,16,18H,5-6,9H2,1-2H3,(H,17,19). The Balaban J connectivity index is 1.77. The molecule has 0 aliphatic heterocycles. The molecule has 1 saturated carbocycles. The van der Waals surface area contributed by atoms with Gasteiger partial charge in [-0.05, 0) is 37.5 Å². The van der Waals surface area contributed by atoms with Gasteiger partial charge in [-0.25, -0.2) is 0 Å². The number of amides is 1. The van der Waals surface area contributed by atoms with Crippen molar-refractivity contribution >= 4 is 5.91 Å². The van der Waals surface area contributed by atoms with Crippen LogP contribution in [0.4, 0.5) is 0 Å². The summed E-state index contributed by atoms with van der Waals surface area (Å²) < 4.78 is 5.07. The second-order valence-electron chi connectivity index (χ2n) is 5.20. The Morgan fingerprint density at radius 1 is 1.40 bits per heavy atom. The Bertz CT molecular complexity index is 443. The quantitative estimate of drug-likeness (QED) is 0.695. The van der Waals surface area contributed by atoms with Crippen LogP contribution in [0, 0.1) is 0 Å². The number of hydrogen-bond acceptors (Lipinski definition) is 4. The van der Waals surface area contributed by atoms with E-state index in [0.717, 1.165) is 24.2 Å². The fraction of sp³-hybridized carbons (Fsp3) is 0.533. The molecule has 0 saturated heterocycles. The van der Waals surface area contributed by atoms with E-state index in [1.807, 2.05) is 24.3 Å². The topological polar surface area (TPSA) is 70.6 Å². The number of aliphatic hydroxyl groups is 1. The fourth-order valence-corrected chi connectivity index (χ4v) is 1.88. The van der Waals surface area contributed by atoms with Crippen molar-refractivity contribution in [2.75, 3.05) is 13.7 Å². The van der Waals surface area contributed by atoms with Gasteiger partial charge < -0.3 is 20.5 Å². The van der Waals surface area contributed by atoms with Gasteiger partial charge in [-0.1, -0.05) is 12.1 Å². The number of ether oxygens (including phenoxy) is 1. The summed E-state index contributed by atoms with van der Waals surface area (Å²) in [6.07, 6.45) is 1.51. The molecule has 2 unspecified atom stereocenters. The number of nitrogens with one attached hydrogen (secondary N) is 2. The van der Waals surface area contributed by atoms with E-state index < -0.39 is 6.10 Å². The molecule has 2 atom stereocenters. The largest absolute Gasteiger partial charge is 0.497 e. The van der Waals surface area contributed by atoms with Gasteiger partial charge in [0.05, 0.1) is 19.3 Å².